The Balaban J connectivity index is 2.12. The summed E-state index contributed by atoms with van der Waals surface area (Å²) in [6, 6.07) is 6.04. The van der Waals surface area contributed by atoms with Gasteiger partial charge < -0.3 is 10.6 Å². The van der Waals surface area contributed by atoms with Gasteiger partial charge in [0.25, 0.3) is 5.91 Å². The number of aryl methyl sites for hydroxylation is 1. The first-order valence-electron chi connectivity index (χ1n) is 7.16. The van der Waals surface area contributed by atoms with Crippen molar-refractivity contribution < 1.29 is 4.79 Å². The zero-order valence-corrected chi connectivity index (χ0v) is 12.1. The van der Waals surface area contributed by atoms with Crippen LogP contribution in [0.25, 0.3) is 0 Å². The summed E-state index contributed by atoms with van der Waals surface area (Å²) in [7, 11) is 0. The van der Waals surface area contributed by atoms with Gasteiger partial charge in [-0.2, -0.15) is 0 Å². The summed E-state index contributed by atoms with van der Waals surface area (Å²) in [4.78, 5) is 14.6. The predicted octanol–water partition coefficient (Wildman–Crippen LogP) is 3.23. The summed E-state index contributed by atoms with van der Waals surface area (Å²) in [5.41, 5.74) is 8.30. The molecular weight excluding hydrogens is 236 g/mol. The van der Waals surface area contributed by atoms with E-state index < -0.39 is 0 Å². The van der Waals surface area contributed by atoms with Crippen LogP contribution in [0.2, 0.25) is 0 Å². The molecule has 0 bridgehead atoms. The lowest BCUT2D eigenvalue weighted by molar-refractivity contribution is 0.0735. The molecule has 3 heteroatoms. The summed E-state index contributed by atoms with van der Waals surface area (Å²) >= 11 is 0. The van der Waals surface area contributed by atoms with E-state index in [0.717, 1.165) is 42.6 Å². The Bertz CT molecular complexity index is 464. The Labute approximate surface area is 115 Å². The van der Waals surface area contributed by atoms with E-state index in [-0.39, 0.29) is 5.91 Å². The van der Waals surface area contributed by atoms with Gasteiger partial charge in [0.2, 0.25) is 0 Å². The van der Waals surface area contributed by atoms with E-state index in [4.69, 9.17) is 5.73 Å². The Morgan fingerprint density at radius 3 is 2.63 bits per heavy atom. The smallest absolute Gasteiger partial charge is 0.254 e. The number of nitrogens with zero attached hydrogens (tertiary/aromatic N) is 1. The SMILES string of the molecule is Cc1cc(C(=O)N(CCC(C)C)C2CC2)ccc1N. The van der Waals surface area contributed by atoms with E-state index in [0.29, 0.717) is 12.0 Å². The van der Waals surface area contributed by atoms with E-state index in [2.05, 4.69) is 13.8 Å². The molecule has 3 nitrogen and oxygen atoms in total. The number of carbonyl (C=O) groups excluding carboxylic acids is 1. The average molecular weight is 260 g/mol. The fourth-order valence-electron chi connectivity index (χ4n) is 2.21. The topological polar surface area (TPSA) is 46.3 Å². The third kappa shape index (κ3) is 3.49. The van der Waals surface area contributed by atoms with Gasteiger partial charge in [-0.1, -0.05) is 13.8 Å². The van der Waals surface area contributed by atoms with Crippen molar-refractivity contribution in [2.24, 2.45) is 5.92 Å². The molecule has 0 saturated heterocycles. The zero-order valence-electron chi connectivity index (χ0n) is 12.1. The summed E-state index contributed by atoms with van der Waals surface area (Å²) in [5, 5.41) is 0. The summed E-state index contributed by atoms with van der Waals surface area (Å²) < 4.78 is 0. The first kappa shape index (κ1) is 13.9. The number of carbonyl (C=O) groups is 1. The molecule has 2 N–H and O–H groups in total. The van der Waals surface area contributed by atoms with Gasteiger partial charge in [-0.05, 0) is 55.9 Å². The van der Waals surface area contributed by atoms with E-state index in [1.165, 1.54) is 0 Å². The summed E-state index contributed by atoms with van der Waals surface area (Å²) in [6.07, 6.45) is 3.37. The van der Waals surface area contributed by atoms with Crippen molar-refractivity contribution in [3.05, 3.63) is 29.3 Å². The molecule has 0 unspecified atom stereocenters. The fourth-order valence-corrected chi connectivity index (χ4v) is 2.21. The standard InChI is InChI=1S/C16H24N2O/c1-11(2)8-9-18(14-5-6-14)16(19)13-4-7-15(17)12(3)10-13/h4,7,10-11,14H,5-6,8-9,17H2,1-3H3. The number of anilines is 1. The van der Waals surface area contributed by atoms with Crippen LogP contribution in [0.15, 0.2) is 18.2 Å². The molecule has 19 heavy (non-hydrogen) atoms. The van der Waals surface area contributed by atoms with Crippen LogP contribution in [0, 0.1) is 12.8 Å². The first-order valence-corrected chi connectivity index (χ1v) is 7.16. The highest BCUT2D eigenvalue weighted by Crippen LogP contribution is 2.29. The maximum Gasteiger partial charge on any atom is 0.254 e. The van der Waals surface area contributed by atoms with Gasteiger partial charge in [0.05, 0.1) is 0 Å². The highest BCUT2D eigenvalue weighted by molar-refractivity contribution is 5.95. The molecule has 0 heterocycles. The van der Waals surface area contributed by atoms with Crippen LogP contribution in [-0.4, -0.2) is 23.4 Å². The normalized spacial score (nSPS) is 14.7. The largest absolute Gasteiger partial charge is 0.399 e. The van der Waals surface area contributed by atoms with Crippen LogP contribution >= 0.6 is 0 Å². The first-order chi connectivity index (χ1) is 8.99. The van der Waals surface area contributed by atoms with Gasteiger partial charge in [-0.3, -0.25) is 4.79 Å². The van der Waals surface area contributed by atoms with Crippen molar-refractivity contribution in [1.29, 1.82) is 0 Å². The quantitative estimate of drug-likeness (QED) is 0.826. The van der Waals surface area contributed by atoms with Gasteiger partial charge in [-0.25, -0.2) is 0 Å². The average Bonchev–Trinajstić information content (AvgIpc) is 3.16. The number of nitrogen functional groups attached to an aromatic ring is 1. The lowest BCUT2D eigenvalue weighted by Crippen LogP contribution is -2.34. The van der Waals surface area contributed by atoms with Gasteiger partial charge in [0.1, 0.15) is 0 Å². The summed E-state index contributed by atoms with van der Waals surface area (Å²) in [6.45, 7) is 7.21. The molecule has 1 aromatic carbocycles. The minimum absolute atomic E-state index is 0.159. The minimum Gasteiger partial charge on any atom is -0.399 e. The van der Waals surface area contributed by atoms with Crippen molar-refractivity contribution in [2.75, 3.05) is 12.3 Å². The van der Waals surface area contributed by atoms with Crippen LogP contribution in [0.4, 0.5) is 5.69 Å². The fraction of sp³-hybridized carbons (Fsp3) is 0.562. The van der Waals surface area contributed by atoms with E-state index in [1.807, 2.05) is 30.0 Å². The maximum absolute atomic E-state index is 12.6. The highest BCUT2D eigenvalue weighted by Gasteiger charge is 2.32. The van der Waals surface area contributed by atoms with Crippen LogP contribution in [0.5, 0.6) is 0 Å². The van der Waals surface area contributed by atoms with Crippen LogP contribution < -0.4 is 5.73 Å². The molecule has 0 radical (unpaired) electrons. The molecule has 0 aliphatic heterocycles. The number of hydrogen-bond acceptors (Lipinski definition) is 2. The van der Waals surface area contributed by atoms with Crippen LogP contribution in [0.3, 0.4) is 0 Å². The lowest BCUT2D eigenvalue weighted by Gasteiger charge is -2.23. The van der Waals surface area contributed by atoms with Crippen molar-refractivity contribution in [1.82, 2.24) is 4.90 Å². The molecule has 104 valence electrons. The molecule has 2 rings (SSSR count). The van der Waals surface area contributed by atoms with Crippen molar-refractivity contribution in [3.8, 4) is 0 Å². The van der Waals surface area contributed by atoms with E-state index in [1.54, 1.807) is 0 Å². The number of rotatable bonds is 5. The molecule has 0 spiro atoms. The van der Waals surface area contributed by atoms with Crippen molar-refractivity contribution >= 4 is 11.6 Å². The molecule has 1 saturated carbocycles. The molecule has 1 aliphatic rings. The monoisotopic (exact) mass is 260 g/mol. The third-order valence-electron chi connectivity index (χ3n) is 3.71. The number of amides is 1. The van der Waals surface area contributed by atoms with E-state index in [9.17, 15) is 4.79 Å². The van der Waals surface area contributed by atoms with Crippen LogP contribution in [-0.2, 0) is 0 Å². The Morgan fingerprint density at radius 1 is 1.42 bits per heavy atom. The summed E-state index contributed by atoms with van der Waals surface area (Å²) in [5.74, 6) is 0.786. The molecule has 1 aromatic rings. The van der Waals surface area contributed by atoms with Crippen LogP contribution in [0.1, 0.15) is 49.0 Å². The Morgan fingerprint density at radius 2 is 2.11 bits per heavy atom. The zero-order chi connectivity index (χ0) is 14.0. The Kier molecular flexibility index (Phi) is 4.13. The Hall–Kier alpha value is -1.51. The molecule has 1 amide bonds. The maximum atomic E-state index is 12.6. The van der Waals surface area contributed by atoms with Crippen molar-refractivity contribution in [3.63, 3.8) is 0 Å². The number of nitrogens with two attached hydrogens (primary N) is 1. The third-order valence-corrected chi connectivity index (χ3v) is 3.71. The molecule has 0 atom stereocenters. The van der Waals surface area contributed by atoms with Gasteiger partial charge >= 0.3 is 0 Å². The van der Waals surface area contributed by atoms with Gasteiger partial charge in [-0.15, -0.1) is 0 Å². The number of hydrogen-bond donors (Lipinski definition) is 1. The van der Waals surface area contributed by atoms with Crippen molar-refractivity contribution in [2.45, 2.75) is 46.1 Å². The van der Waals surface area contributed by atoms with E-state index >= 15 is 0 Å². The van der Waals surface area contributed by atoms with Gasteiger partial charge in [0.15, 0.2) is 0 Å². The predicted molar refractivity (Wildman–Crippen MR) is 79.1 cm³/mol. The highest BCUT2D eigenvalue weighted by atomic mass is 16.2. The molecule has 1 fully saturated rings. The van der Waals surface area contributed by atoms with Gasteiger partial charge in [0, 0.05) is 23.8 Å². The second-order valence-corrected chi connectivity index (χ2v) is 5.98. The second-order valence-electron chi connectivity index (χ2n) is 5.98. The number of benzene rings is 1. The lowest BCUT2D eigenvalue weighted by atomic mass is 10.1. The molecule has 1 aliphatic carbocycles. The molecule has 0 aromatic heterocycles. The molecular formula is C16H24N2O. The minimum atomic E-state index is 0.159. The second kappa shape index (κ2) is 5.64.